The maximum Gasteiger partial charge on any atom is 0.389 e. The van der Waals surface area contributed by atoms with Crippen LogP contribution in [0.2, 0.25) is 0 Å². The Bertz CT molecular complexity index is 211. The molecule has 0 bridgehead atoms. The van der Waals surface area contributed by atoms with Gasteiger partial charge < -0.3 is 10.2 Å². The molecule has 1 fully saturated rings. The molecule has 0 radical (unpaired) electrons. The summed E-state index contributed by atoms with van der Waals surface area (Å²) in [6.45, 7) is 6.31. The summed E-state index contributed by atoms with van der Waals surface area (Å²) < 4.78 is 35.8. The zero-order valence-electron chi connectivity index (χ0n) is 11.2. The minimum atomic E-state index is -3.99. The van der Waals surface area contributed by atoms with Crippen LogP contribution in [0.25, 0.3) is 0 Å². The van der Waals surface area contributed by atoms with E-state index in [1.165, 1.54) is 6.42 Å². The summed E-state index contributed by atoms with van der Waals surface area (Å²) in [6.07, 6.45) is -0.344. The predicted molar refractivity (Wildman–Crippen MR) is 67.7 cm³/mol. The molecular formula is C13H25F3N2. The number of alkyl halides is 3. The maximum atomic E-state index is 11.9. The Morgan fingerprint density at radius 2 is 1.83 bits per heavy atom. The van der Waals surface area contributed by atoms with Gasteiger partial charge in [-0.15, -0.1) is 0 Å². The lowest BCUT2D eigenvalue weighted by Gasteiger charge is -2.32. The Hall–Kier alpha value is -0.290. The van der Waals surface area contributed by atoms with E-state index in [2.05, 4.69) is 17.1 Å². The minimum absolute atomic E-state index is 0.241. The van der Waals surface area contributed by atoms with Crippen molar-refractivity contribution >= 4 is 0 Å². The average molecular weight is 266 g/mol. The molecule has 0 saturated carbocycles. The number of halogens is 3. The van der Waals surface area contributed by atoms with E-state index in [4.69, 9.17) is 0 Å². The van der Waals surface area contributed by atoms with Crippen molar-refractivity contribution in [2.24, 2.45) is 0 Å². The summed E-state index contributed by atoms with van der Waals surface area (Å²) in [6, 6.07) is 0.504. The third-order valence-corrected chi connectivity index (χ3v) is 3.45. The summed E-state index contributed by atoms with van der Waals surface area (Å²) in [5.41, 5.74) is 0. The van der Waals surface area contributed by atoms with E-state index < -0.39 is 12.6 Å². The van der Waals surface area contributed by atoms with Gasteiger partial charge in [-0.2, -0.15) is 13.2 Å². The average Bonchev–Trinajstić information content (AvgIpc) is 2.30. The zero-order valence-corrected chi connectivity index (χ0v) is 11.2. The van der Waals surface area contributed by atoms with Crippen LogP contribution in [0.4, 0.5) is 13.2 Å². The highest BCUT2D eigenvalue weighted by Gasteiger charge is 2.25. The molecule has 2 nitrogen and oxygen atoms in total. The van der Waals surface area contributed by atoms with Crippen LogP contribution in [0.1, 0.15) is 45.4 Å². The molecule has 1 saturated heterocycles. The first-order valence-electron chi connectivity index (χ1n) is 7.04. The molecule has 0 unspecified atom stereocenters. The van der Waals surface area contributed by atoms with Crippen LogP contribution in [0, 0.1) is 0 Å². The van der Waals surface area contributed by atoms with Gasteiger partial charge in [0.25, 0.3) is 0 Å². The topological polar surface area (TPSA) is 15.3 Å². The first-order chi connectivity index (χ1) is 8.51. The van der Waals surface area contributed by atoms with Gasteiger partial charge in [0.2, 0.25) is 0 Å². The fourth-order valence-electron chi connectivity index (χ4n) is 2.43. The number of unbranched alkanes of at least 4 members (excludes halogenated alkanes) is 1. The van der Waals surface area contributed by atoms with Gasteiger partial charge in [0.05, 0.1) is 0 Å². The number of hydrogen-bond acceptors (Lipinski definition) is 2. The summed E-state index contributed by atoms with van der Waals surface area (Å²) >= 11 is 0. The second kappa shape index (κ2) is 8.00. The third-order valence-electron chi connectivity index (χ3n) is 3.45. The van der Waals surface area contributed by atoms with Crippen molar-refractivity contribution in [3.63, 3.8) is 0 Å². The second-order valence-electron chi connectivity index (χ2n) is 5.14. The highest BCUT2D eigenvalue weighted by atomic mass is 19.4. The molecular weight excluding hydrogens is 241 g/mol. The largest absolute Gasteiger partial charge is 0.389 e. The molecule has 1 aliphatic rings. The number of piperidine rings is 1. The van der Waals surface area contributed by atoms with Gasteiger partial charge in [0, 0.05) is 12.5 Å². The van der Waals surface area contributed by atoms with Crippen molar-refractivity contribution < 1.29 is 13.2 Å². The summed E-state index contributed by atoms with van der Waals surface area (Å²) in [7, 11) is 0. The predicted octanol–water partition coefficient (Wildman–Crippen LogP) is 3.18. The van der Waals surface area contributed by atoms with Gasteiger partial charge in [0.15, 0.2) is 0 Å². The van der Waals surface area contributed by atoms with Crippen LogP contribution in [0.3, 0.4) is 0 Å². The van der Waals surface area contributed by atoms with E-state index in [0.29, 0.717) is 19.0 Å². The number of likely N-dealkylation sites (tertiary alicyclic amines) is 1. The molecule has 1 rings (SSSR count). The number of rotatable bonds is 7. The molecule has 5 heteroatoms. The van der Waals surface area contributed by atoms with Crippen LogP contribution in [0.15, 0.2) is 0 Å². The Labute approximate surface area is 108 Å². The van der Waals surface area contributed by atoms with E-state index in [9.17, 15) is 13.2 Å². The third kappa shape index (κ3) is 7.21. The molecule has 1 N–H and O–H groups in total. The van der Waals surface area contributed by atoms with Gasteiger partial charge in [-0.25, -0.2) is 0 Å². The normalized spacial score (nSPS) is 19.3. The van der Waals surface area contributed by atoms with Crippen LogP contribution in [0.5, 0.6) is 0 Å². The standard InChI is InChI=1S/C13H25F3N2/c1-2-9-18-10-5-12(6-11-18)17-8-4-3-7-13(14,15)16/h12,17H,2-11H2,1H3. The molecule has 0 amide bonds. The molecule has 0 aliphatic carbocycles. The molecule has 0 aromatic rings. The smallest absolute Gasteiger partial charge is 0.314 e. The van der Waals surface area contributed by atoms with E-state index in [-0.39, 0.29) is 6.42 Å². The van der Waals surface area contributed by atoms with Crippen LogP contribution in [-0.4, -0.2) is 43.3 Å². The quantitative estimate of drug-likeness (QED) is 0.712. The molecule has 1 aliphatic heterocycles. The van der Waals surface area contributed by atoms with Gasteiger partial charge in [-0.1, -0.05) is 6.92 Å². The Morgan fingerprint density at radius 3 is 2.39 bits per heavy atom. The van der Waals surface area contributed by atoms with Crippen molar-refractivity contribution in [1.82, 2.24) is 10.2 Å². The van der Waals surface area contributed by atoms with Crippen molar-refractivity contribution in [2.45, 2.75) is 57.7 Å². The summed E-state index contributed by atoms with van der Waals surface area (Å²) in [5.74, 6) is 0. The first-order valence-corrected chi connectivity index (χ1v) is 7.04. The second-order valence-corrected chi connectivity index (χ2v) is 5.14. The van der Waals surface area contributed by atoms with Gasteiger partial charge in [-0.3, -0.25) is 0 Å². The number of hydrogen-bond donors (Lipinski definition) is 1. The monoisotopic (exact) mass is 266 g/mol. The van der Waals surface area contributed by atoms with E-state index in [0.717, 1.165) is 32.5 Å². The minimum Gasteiger partial charge on any atom is -0.314 e. The molecule has 18 heavy (non-hydrogen) atoms. The molecule has 108 valence electrons. The number of nitrogens with one attached hydrogen (secondary N) is 1. The van der Waals surface area contributed by atoms with Crippen molar-refractivity contribution in [3.05, 3.63) is 0 Å². The van der Waals surface area contributed by atoms with Gasteiger partial charge in [-0.05, 0) is 58.3 Å². The molecule has 1 heterocycles. The summed E-state index contributed by atoms with van der Waals surface area (Å²) in [5, 5.41) is 3.38. The first kappa shape index (κ1) is 15.8. The van der Waals surface area contributed by atoms with E-state index in [1.807, 2.05) is 0 Å². The number of nitrogens with zero attached hydrogens (tertiary/aromatic N) is 1. The fourth-order valence-corrected chi connectivity index (χ4v) is 2.43. The van der Waals surface area contributed by atoms with Gasteiger partial charge >= 0.3 is 6.18 Å². The molecule has 0 atom stereocenters. The lowest BCUT2D eigenvalue weighted by molar-refractivity contribution is -0.135. The van der Waals surface area contributed by atoms with E-state index in [1.54, 1.807) is 0 Å². The lowest BCUT2D eigenvalue weighted by atomic mass is 10.0. The SMILES string of the molecule is CCCN1CCC(NCCCCC(F)(F)F)CC1. The highest BCUT2D eigenvalue weighted by molar-refractivity contribution is 4.76. The molecule has 0 spiro atoms. The zero-order chi connectivity index (χ0) is 13.4. The lowest BCUT2D eigenvalue weighted by Crippen LogP contribution is -2.42. The Kier molecular flexibility index (Phi) is 7.00. The van der Waals surface area contributed by atoms with E-state index >= 15 is 0 Å². The van der Waals surface area contributed by atoms with Crippen LogP contribution in [-0.2, 0) is 0 Å². The maximum absolute atomic E-state index is 11.9. The summed E-state index contributed by atoms with van der Waals surface area (Å²) in [4.78, 5) is 2.46. The van der Waals surface area contributed by atoms with Crippen LogP contribution >= 0.6 is 0 Å². The Morgan fingerprint density at radius 1 is 1.17 bits per heavy atom. The van der Waals surface area contributed by atoms with Crippen LogP contribution < -0.4 is 5.32 Å². The highest BCUT2D eigenvalue weighted by Crippen LogP contribution is 2.22. The molecule has 0 aromatic carbocycles. The van der Waals surface area contributed by atoms with Crippen molar-refractivity contribution in [1.29, 1.82) is 0 Å². The van der Waals surface area contributed by atoms with Gasteiger partial charge in [0.1, 0.15) is 0 Å². The molecule has 0 aromatic heterocycles. The van der Waals surface area contributed by atoms with Crippen molar-refractivity contribution in [2.75, 3.05) is 26.2 Å². The Balaban J connectivity index is 1.98. The van der Waals surface area contributed by atoms with Crippen molar-refractivity contribution in [3.8, 4) is 0 Å². The fraction of sp³-hybridized carbons (Fsp3) is 1.00.